The third-order valence-electron chi connectivity index (χ3n) is 4.04. The van der Waals surface area contributed by atoms with Crippen molar-refractivity contribution in [1.29, 1.82) is 0 Å². The number of rotatable bonds is 5. The molecule has 22 heavy (non-hydrogen) atoms. The van der Waals surface area contributed by atoms with E-state index in [-0.39, 0.29) is 31.5 Å². The molecule has 0 spiro atoms. The summed E-state index contributed by atoms with van der Waals surface area (Å²) in [5.41, 5.74) is -0.920. The lowest BCUT2D eigenvalue weighted by Crippen LogP contribution is -2.43. The Bertz CT molecular complexity index is 585. The number of likely N-dealkylation sites (tertiary alicyclic amines) is 1. The van der Waals surface area contributed by atoms with Gasteiger partial charge >= 0.3 is 11.9 Å². The summed E-state index contributed by atoms with van der Waals surface area (Å²) in [7, 11) is 0. The number of carboxylic acids is 1. The van der Waals surface area contributed by atoms with E-state index in [2.05, 4.69) is 0 Å². The molecular weight excluding hydrogens is 286 g/mol. The van der Waals surface area contributed by atoms with Crippen molar-refractivity contribution in [2.24, 2.45) is 5.41 Å². The molecule has 2 rings (SSSR count). The number of carbonyl (C=O) groups excluding carboxylic acids is 2. The summed E-state index contributed by atoms with van der Waals surface area (Å²) < 4.78 is 4.87. The third-order valence-corrected chi connectivity index (χ3v) is 4.04. The summed E-state index contributed by atoms with van der Waals surface area (Å²) in [6, 6.07) is 8.99. The summed E-state index contributed by atoms with van der Waals surface area (Å²) in [5.74, 6) is -2.52. The molecule has 1 aliphatic heterocycles. The van der Waals surface area contributed by atoms with E-state index in [0.717, 1.165) is 5.56 Å². The Balaban J connectivity index is 2.28. The second-order valence-corrected chi connectivity index (χ2v) is 5.39. The average Bonchev–Trinajstić information content (AvgIpc) is 2.87. The Morgan fingerprint density at radius 3 is 2.55 bits per heavy atom. The molecule has 1 fully saturated rings. The van der Waals surface area contributed by atoms with Gasteiger partial charge in [-0.1, -0.05) is 30.3 Å². The molecule has 1 N–H and O–H groups in total. The van der Waals surface area contributed by atoms with E-state index >= 15 is 0 Å². The van der Waals surface area contributed by atoms with E-state index in [1.54, 1.807) is 6.92 Å². The number of aliphatic carboxylic acids is 1. The summed E-state index contributed by atoms with van der Waals surface area (Å²) in [4.78, 5) is 37.4. The van der Waals surface area contributed by atoms with Crippen LogP contribution in [0, 0.1) is 5.41 Å². The van der Waals surface area contributed by atoms with Gasteiger partial charge in [0, 0.05) is 6.54 Å². The van der Waals surface area contributed by atoms with Crippen molar-refractivity contribution in [3.63, 3.8) is 0 Å². The maximum absolute atomic E-state index is 12.3. The van der Waals surface area contributed by atoms with Crippen LogP contribution >= 0.6 is 0 Å². The van der Waals surface area contributed by atoms with Gasteiger partial charge in [0.25, 0.3) is 0 Å². The van der Waals surface area contributed by atoms with Crippen LogP contribution in [-0.2, 0) is 19.1 Å². The molecule has 1 saturated heterocycles. The van der Waals surface area contributed by atoms with Crippen LogP contribution in [0.1, 0.15) is 31.9 Å². The van der Waals surface area contributed by atoms with Crippen LogP contribution in [-0.4, -0.2) is 41.0 Å². The van der Waals surface area contributed by atoms with Crippen LogP contribution in [0.5, 0.6) is 0 Å². The van der Waals surface area contributed by atoms with Gasteiger partial charge in [-0.2, -0.15) is 0 Å². The number of benzene rings is 1. The molecule has 1 amide bonds. The fourth-order valence-electron chi connectivity index (χ4n) is 2.70. The van der Waals surface area contributed by atoms with Gasteiger partial charge < -0.3 is 14.7 Å². The minimum absolute atomic E-state index is 0.0797. The van der Waals surface area contributed by atoms with Gasteiger partial charge in [0.2, 0.25) is 5.91 Å². The summed E-state index contributed by atoms with van der Waals surface area (Å²) in [6.45, 7) is 3.33. The first-order valence-electron chi connectivity index (χ1n) is 7.17. The first-order chi connectivity index (χ1) is 10.4. The van der Waals surface area contributed by atoms with Gasteiger partial charge in [-0.3, -0.25) is 14.4 Å². The van der Waals surface area contributed by atoms with Crippen molar-refractivity contribution in [2.75, 3.05) is 13.2 Å². The van der Waals surface area contributed by atoms with Crippen molar-refractivity contribution in [1.82, 2.24) is 4.90 Å². The molecule has 0 aromatic heterocycles. The molecule has 0 radical (unpaired) electrons. The van der Waals surface area contributed by atoms with Crippen LogP contribution in [0.4, 0.5) is 0 Å². The van der Waals surface area contributed by atoms with Gasteiger partial charge in [0.1, 0.15) is 0 Å². The highest BCUT2D eigenvalue weighted by Gasteiger charge is 2.57. The molecule has 1 aromatic carbocycles. The lowest BCUT2D eigenvalue weighted by Gasteiger charge is -2.27. The second kappa shape index (κ2) is 6.17. The largest absolute Gasteiger partial charge is 0.480 e. The number of hydrogen-bond donors (Lipinski definition) is 1. The highest BCUT2D eigenvalue weighted by atomic mass is 16.5. The molecule has 1 aromatic rings. The van der Waals surface area contributed by atoms with E-state index in [0.29, 0.717) is 0 Å². The summed E-state index contributed by atoms with van der Waals surface area (Å²) >= 11 is 0. The predicted octanol–water partition coefficient (Wildman–Crippen LogP) is 1.61. The molecule has 6 nitrogen and oxygen atoms in total. The van der Waals surface area contributed by atoms with Crippen molar-refractivity contribution in [3.8, 4) is 0 Å². The first kappa shape index (κ1) is 16.0. The van der Waals surface area contributed by atoms with Crippen molar-refractivity contribution < 1.29 is 24.2 Å². The molecular formula is C16H19NO5. The van der Waals surface area contributed by atoms with Crippen LogP contribution in [0.25, 0.3) is 0 Å². The third kappa shape index (κ3) is 2.68. The molecule has 1 aliphatic rings. The maximum atomic E-state index is 12.3. The Labute approximate surface area is 128 Å². The lowest BCUT2D eigenvalue weighted by atomic mass is 9.87. The summed E-state index contributed by atoms with van der Waals surface area (Å²) in [6.07, 6.45) is -0.363. The SMILES string of the molecule is CCOC(=O)C1(C(=O)O)CC(=O)N([C@@H](C)c2ccccc2)C1. The Kier molecular flexibility index (Phi) is 4.49. The number of carboxylic acid groups (broad SMARTS) is 1. The number of amides is 1. The zero-order chi connectivity index (χ0) is 16.3. The Morgan fingerprint density at radius 2 is 2.00 bits per heavy atom. The monoisotopic (exact) mass is 305 g/mol. The Hall–Kier alpha value is -2.37. The fourth-order valence-corrected chi connectivity index (χ4v) is 2.70. The molecule has 0 bridgehead atoms. The van der Waals surface area contributed by atoms with Gasteiger partial charge in [-0.25, -0.2) is 0 Å². The van der Waals surface area contributed by atoms with Crippen molar-refractivity contribution in [3.05, 3.63) is 35.9 Å². The fraction of sp³-hybridized carbons (Fsp3) is 0.438. The molecule has 118 valence electrons. The standard InChI is InChI=1S/C16H19NO5/c1-3-22-15(21)16(14(19)20)9-13(18)17(10-16)11(2)12-7-5-4-6-8-12/h4-8,11H,3,9-10H2,1-2H3,(H,19,20)/t11-,16?/m0/s1. The molecule has 1 unspecified atom stereocenters. The average molecular weight is 305 g/mol. The maximum Gasteiger partial charge on any atom is 0.325 e. The summed E-state index contributed by atoms with van der Waals surface area (Å²) in [5, 5.41) is 9.47. The zero-order valence-corrected chi connectivity index (χ0v) is 12.6. The quantitative estimate of drug-likeness (QED) is 0.660. The first-order valence-corrected chi connectivity index (χ1v) is 7.17. The number of carbonyl (C=O) groups is 3. The van der Waals surface area contributed by atoms with Crippen LogP contribution in [0.3, 0.4) is 0 Å². The lowest BCUT2D eigenvalue weighted by molar-refractivity contribution is -0.167. The predicted molar refractivity (Wildman–Crippen MR) is 77.9 cm³/mol. The normalized spacial score (nSPS) is 22.5. The minimum atomic E-state index is -1.81. The van der Waals surface area contributed by atoms with E-state index in [1.807, 2.05) is 37.3 Å². The van der Waals surface area contributed by atoms with Crippen LogP contribution in [0.2, 0.25) is 0 Å². The molecule has 6 heteroatoms. The number of nitrogens with zero attached hydrogens (tertiary/aromatic N) is 1. The topological polar surface area (TPSA) is 83.9 Å². The van der Waals surface area contributed by atoms with Crippen LogP contribution in [0.15, 0.2) is 30.3 Å². The van der Waals surface area contributed by atoms with E-state index in [4.69, 9.17) is 4.74 Å². The van der Waals surface area contributed by atoms with Crippen molar-refractivity contribution >= 4 is 17.8 Å². The molecule has 1 heterocycles. The minimum Gasteiger partial charge on any atom is -0.480 e. The number of esters is 1. The molecule has 2 atom stereocenters. The highest BCUT2D eigenvalue weighted by molar-refractivity contribution is 6.05. The highest BCUT2D eigenvalue weighted by Crippen LogP contribution is 2.37. The number of hydrogen-bond acceptors (Lipinski definition) is 4. The van der Waals surface area contributed by atoms with Crippen molar-refractivity contribution in [2.45, 2.75) is 26.3 Å². The van der Waals surface area contributed by atoms with Gasteiger partial charge in [0.05, 0.1) is 19.1 Å². The molecule has 0 saturated carbocycles. The van der Waals surface area contributed by atoms with E-state index in [1.165, 1.54) is 4.90 Å². The van der Waals surface area contributed by atoms with Crippen LogP contribution < -0.4 is 0 Å². The molecule has 0 aliphatic carbocycles. The zero-order valence-electron chi connectivity index (χ0n) is 12.6. The second-order valence-electron chi connectivity index (χ2n) is 5.39. The van der Waals surface area contributed by atoms with Gasteiger partial charge in [0.15, 0.2) is 5.41 Å². The number of ether oxygens (including phenoxy) is 1. The van der Waals surface area contributed by atoms with E-state index < -0.39 is 17.4 Å². The van der Waals surface area contributed by atoms with Gasteiger partial charge in [-0.05, 0) is 19.4 Å². The van der Waals surface area contributed by atoms with E-state index in [9.17, 15) is 19.5 Å². The Morgan fingerprint density at radius 1 is 1.36 bits per heavy atom. The smallest absolute Gasteiger partial charge is 0.325 e. The van der Waals surface area contributed by atoms with Gasteiger partial charge in [-0.15, -0.1) is 0 Å².